The average Bonchev–Trinajstić information content (AvgIpc) is 3.82. The summed E-state index contributed by atoms with van der Waals surface area (Å²) in [6.45, 7) is 5.92. The van der Waals surface area contributed by atoms with E-state index < -0.39 is 23.9 Å². The minimum Gasteiger partial charge on any atom is -0.359 e. The second-order valence-electron chi connectivity index (χ2n) is 12.7. The average molecular weight is 673 g/mol. The first-order valence-corrected chi connectivity index (χ1v) is 17.3. The number of nitrogens with one attached hydrogen (secondary N) is 3. The quantitative estimate of drug-likeness (QED) is 0.296. The van der Waals surface area contributed by atoms with Gasteiger partial charge in [0, 0.05) is 35.0 Å². The maximum absolute atomic E-state index is 14.0. The summed E-state index contributed by atoms with van der Waals surface area (Å²) < 4.78 is 6.99. The third-order valence-electron chi connectivity index (χ3n) is 8.52. The third-order valence-corrected chi connectivity index (χ3v) is 9.61. The molecule has 6 rings (SSSR count). The molecule has 0 saturated carbocycles. The van der Waals surface area contributed by atoms with Crippen LogP contribution in [0, 0.1) is 5.92 Å². The molecule has 0 unspecified atom stereocenters. The predicted molar refractivity (Wildman–Crippen MR) is 178 cm³/mol. The number of rotatable bonds is 4. The Morgan fingerprint density at radius 2 is 1.88 bits per heavy atom. The van der Waals surface area contributed by atoms with Crippen LogP contribution in [0.3, 0.4) is 0 Å². The molecule has 13 nitrogen and oxygen atoms in total. The number of nitrogens with zero attached hydrogens (tertiary/aromatic N) is 5. The number of carbonyl (C=O) groups excluding carboxylic acids is 4. The highest BCUT2D eigenvalue weighted by Crippen LogP contribution is 2.31. The number of amides is 4. The van der Waals surface area contributed by atoms with Crippen molar-refractivity contribution >= 4 is 35.0 Å². The van der Waals surface area contributed by atoms with Crippen molar-refractivity contribution in [2.24, 2.45) is 5.92 Å². The molecule has 2 atom stereocenters. The van der Waals surface area contributed by atoms with Crippen LogP contribution in [0.5, 0.6) is 0 Å². The number of hydrogen-bond donors (Lipinski definition) is 3. The summed E-state index contributed by atoms with van der Waals surface area (Å²) in [5, 5.41) is 19.2. The molecular weight excluding hydrogens is 632 g/mol. The molecule has 0 saturated heterocycles. The van der Waals surface area contributed by atoms with E-state index in [2.05, 4.69) is 26.2 Å². The zero-order valence-electron chi connectivity index (χ0n) is 27.3. The van der Waals surface area contributed by atoms with Crippen molar-refractivity contribution < 1.29 is 23.7 Å². The highest BCUT2D eigenvalue weighted by atomic mass is 32.1. The fourth-order valence-corrected chi connectivity index (χ4v) is 7.23. The van der Waals surface area contributed by atoms with E-state index in [1.807, 2.05) is 49.6 Å². The molecule has 4 amide bonds. The van der Waals surface area contributed by atoms with E-state index >= 15 is 0 Å². The topological polar surface area (TPSA) is 164 Å². The maximum atomic E-state index is 14.0. The Kier molecular flexibility index (Phi) is 9.99. The normalized spacial score (nSPS) is 19.4. The second kappa shape index (κ2) is 14.5. The zero-order chi connectivity index (χ0) is 33.8. The third kappa shape index (κ3) is 7.48. The molecule has 2 bridgehead atoms. The van der Waals surface area contributed by atoms with Crippen molar-refractivity contribution in [1.29, 1.82) is 0 Å². The molecule has 3 N–H and O–H groups in total. The van der Waals surface area contributed by atoms with Gasteiger partial charge in [-0.15, -0.1) is 11.3 Å². The molecule has 252 valence electrons. The first-order chi connectivity index (χ1) is 23.2. The Labute approximate surface area is 282 Å². The van der Waals surface area contributed by atoms with Crippen LogP contribution in [0.2, 0.25) is 0 Å². The Hall–Kier alpha value is -4.85. The number of carbonyl (C=O) groups is 4. The molecule has 0 fully saturated rings. The van der Waals surface area contributed by atoms with Gasteiger partial charge in [-0.2, -0.15) is 5.10 Å². The zero-order valence-corrected chi connectivity index (χ0v) is 28.1. The lowest BCUT2D eigenvalue weighted by molar-refractivity contribution is -0.124. The Morgan fingerprint density at radius 1 is 1.08 bits per heavy atom. The molecule has 48 heavy (non-hydrogen) atoms. The van der Waals surface area contributed by atoms with Gasteiger partial charge in [0.15, 0.2) is 17.3 Å². The van der Waals surface area contributed by atoms with Crippen molar-refractivity contribution in [3.8, 4) is 11.4 Å². The van der Waals surface area contributed by atoms with E-state index in [1.165, 1.54) is 15.6 Å². The molecular formula is C34H40N8O5S. The van der Waals surface area contributed by atoms with Crippen molar-refractivity contribution in [3.05, 3.63) is 75.1 Å². The monoisotopic (exact) mass is 672 g/mol. The maximum Gasteiger partial charge on any atom is 0.274 e. The van der Waals surface area contributed by atoms with Gasteiger partial charge >= 0.3 is 0 Å². The molecule has 3 aromatic heterocycles. The fourth-order valence-electron chi connectivity index (χ4n) is 6.11. The van der Waals surface area contributed by atoms with Crippen LogP contribution in [-0.4, -0.2) is 67.6 Å². The first kappa shape index (κ1) is 33.1. The summed E-state index contributed by atoms with van der Waals surface area (Å²) in [4.78, 5) is 61.7. The summed E-state index contributed by atoms with van der Waals surface area (Å²) in [6.07, 6.45) is 4.33. The first-order valence-electron chi connectivity index (χ1n) is 16.4. The van der Waals surface area contributed by atoms with Crippen LogP contribution in [0.15, 0.2) is 46.3 Å². The van der Waals surface area contributed by atoms with Gasteiger partial charge in [-0.1, -0.05) is 49.3 Å². The fraction of sp³-hybridized carbons (Fsp3) is 0.441. The lowest BCUT2D eigenvalue weighted by Gasteiger charge is -2.23. The molecule has 4 aromatic rings. The minimum atomic E-state index is -0.880. The highest BCUT2D eigenvalue weighted by Gasteiger charge is 2.29. The molecule has 1 aliphatic carbocycles. The summed E-state index contributed by atoms with van der Waals surface area (Å²) in [5.41, 5.74) is 2.52. The highest BCUT2D eigenvalue weighted by molar-refractivity contribution is 7.10. The summed E-state index contributed by atoms with van der Waals surface area (Å²) in [5.74, 6) is -0.285. The van der Waals surface area contributed by atoms with Crippen molar-refractivity contribution in [2.45, 2.75) is 78.0 Å². The van der Waals surface area contributed by atoms with Crippen molar-refractivity contribution in [3.63, 3.8) is 0 Å². The molecule has 1 aliphatic heterocycles. The van der Waals surface area contributed by atoms with Gasteiger partial charge in [-0.25, -0.2) is 9.67 Å². The Bertz CT molecular complexity index is 1800. The van der Waals surface area contributed by atoms with Gasteiger partial charge in [0.2, 0.25) is 11.8 Å². The molecule has 0 spiro atoms. The van der Waals surface area contributed by atoms with Gasteiger partial charge in [-0.3, -0.25) is 19.2 Å². The summed E-state index contributed by atoms with van der Waals surface area (Å²) in [7, 11) is 0. The van der Waals surface area contributed by atoms with Gasteiger partial charge < -0.3 is 25.4 Å². The number of fused-ring (bicyclic) bond motifs is 4. The van der Waals surface area contributed by atoms with Crippen molar-refractivity contribution in [1.82, 2.24) is 40.8 Å². The van der Waals surface area contributed by atoms with Crippen LogP contribution in [0.1, 0.15) is 88.9 Å². The molecule has 2 aliphatic rings. The Balaban J connectivity index is 1.32. The van der Waals surface area contributed by atoms with E-state index in [1.54, 1.807) is 23.2 Å². The van der Waals surface area contributed by atoms with Crippen LogP contribution in [0.25, 0.3) is 11.4 Å². The van der Waals surface area contributed by atoms with Crippen LogP contribution >= 0.6 is 11.3 Å². The van der Waals surface area contributed by atoms with E-state index in [0.717, 1.165) is 36.8 Å². The van der Waals surface area contributed by atoms with Crippen LogP contribution < -0.4 is 16.0 Å². The molecule has 0 radical (unpaired) electrons. The lowest BCUT2D eigenvalue weighted by atomic mass is 9.95. The van der Waals surface area contributed by atoms with E-state index in [-0.39, 0.29) is 49.6 Å². The van der Waals surface area contributed by atoms with E-state index in [0.29, 0.717) is 29.4 Å². The number of benzene rings is 1. The number of hydrogen-bond acceptors (Lipinski definition) is 9. The van der Waals surface area contributed by atoms with E-state index in [4.69, 9.17) is 9.51 Å². The van der Waals surface area contributed by atoms with Gasteiger partial charge in [-0.05, 0) is 50.5 Å². The summed E-state index contributed by atoms with van der Waals surface area (Å²) in [6, 6.07) is 9.33. The van der Waals surface area contributed by atoms with Crippen LogP contribution in [-0.2, 0) is 35.5 Å². The number of aryl methyl sites for hydroxylation is 1. The van der Waals surface area contributed by atoms with Gasteiger partial charge in [0.1, 0.15) is 18.4 Å². The summed E-state index contributed by atoms with van der Waals surface area (Å²) >= 11 is 1.61. The SMILES string of the molecule is CC(C)C[C@H]1NC(=O)c2cc(on2)CN(C(=O)c2csc3c2CCCC3)CCNC(=O)Cn2nc(-c3ccccc3)nc2[C@H](C)NC1=O. The molecule has 1 aromatic carbocycles. The Morgan fingerprint density at radius 3 is 2.67 bits per heavy atom. The van der Waals surface area contributed by atoms with Gasteiger partial charge in [0.05, 0.1) is 18.2 Å². The molecule has 14 heteroatoms. The van der Waals surface area contributed by atoms with Crippen LogP contribution in [0.4, 0.5) is 0 Å². The largest absolute Gasteiger partial charge is 0.359 e. The molecule has 4 heterocycles. The van der Waals surface area contributed by atoms with Gasteiger partial charge in [0.25, 0.3) is 11.8 Å². The number of thiophene rings is 1. The second-order valence-corrected chi connectivity index (χ2v) is 13.7. The van der Waals surface area contributed by atoms with Crippen molar-refractivity contribution in [2.75, 3.05) is 13.1 Å². The predicted octanol–water partition coefficient (Wildman–Crippen LogP) is 3.67. The lowest BCUT2D eigenvalue weighted by Crippen LogP contribution is -2.48. The smallest absolute Gasteiger partial charge is 0.274 e. The number of aromatic nitrogens is 4. The van der Waals surface area contributed by atoms with E-state index in [9.17, 15) is 19.2 Å². The minimum absolute atomic E-state index is 0.00146. The standard InChI is InChI=1S/C34H40N8O5S/c1-20(2)15-26-32(44)36-21(3)31-38-30(22-9-5-4-6-10-22)39-42(31)18-29(43)35-13-14-41(17-23-16-27(40-47-23)33(45)37-26)34(46)25-19-48-28-12-8-7-11-24(25)28/h4-6,9-10,16,19-21,26H,7-8,11-15,17-18H2,1-3H3,(H,35,43)(H,36,44)(H,37,45)/t21-,26+/m0/s1.